The quantitative estimate of drug-likeness (QED) is 0.846. The Bertz CT molecular complexity index is 529. The highest BCUT2D eigenvalue weighted by Crippen LogP contribution is 2.23. The van der Waals surface area contributed by atoms with Gasteiger partial charge in [0.05, 0.1) is 0 Å². The van der Waals surface area contributed by atoms with Crippen molar-refractivity contribution in [2.75, 3.05) is 5.32 Å². The van der Waals surface area contributed by atoms with Crippen molar-refractivity contribution < 1.29 is 5.11 Å². The maximum atomic E-state index is 9.74. The van der Waals surface area contributed by atoms with Crippen LogP contribution >= 0.6 is 31.9 Å². The van der Waals surface area contributed by atoms with E-state index in [4.69, 9.17) is 0 Å². The first-order chi connectivity index (χ1) is 8.15. The number of phenols is 1. The molecule has 0 aliphatic heterocycles. The maximum absolute atomic E-state index is 9.74. The van der Waals surface area contributed by atoms with E-state index in [-0.39, 0.29) is 0 Å². The normalized spacial score (nSPS) is 10.2. The van der Waals surface area contributed by atoms with Gasteiger partial charge in [-0.2, -0.15) is 0 Å². The minimum atomic E-state index is 0.293. The Balaban J connectivity index is 2.07. The highest BCUT2D eigenvalue weighted by atomic mass is 79.9. The van der Waals surface area contributed by atoms with Crippen molar-refractivity contribution in [3.8, 4) is 5.75 Å². The van der Waals surface area contributed by atoms with Gasteiger partial charge in [-0.3, -0.25) is 0 Å². The molecule has 0 radical (unpaired) electrons. The van der Waals surface area contributed by atoms with E-state index in [1.165, 1.54) is 0 Å². The smallest absolute Gasteiger partial charge is 0.121 e. The highest BCUT2D eigenvalue weighted by Gasteiger charge is 2.01. The van der Waals surface area contributed by atoms with E-state index in [9.17, 15) is 5.11 Å². The third-order valence-corrected chi connectivity index (χ3v) is 3.34. The minimum Gasteiger partial charge on any atom is -0.508 e. The van der Waals surface area contributed by atoms with Crippen molar-refractivity contribution in [1.29, 1.82) is 0 Å². The summed E-state index contributed by atoms with van der Waals surface area (Å²) >= 11 is 6.73. The van der Waals surface area contributed by atoms with Crippen LogP contribution in [0.15, 0.2) is 51.4 Å². The van der Waals surface area contributed by atoms with Gasteiger partial charge in [0.25, 0.3) is 0 Å². The first kappa shape index (κ1) is 12.5. The molecular formula is C13H11Br2NO. The van der Waals surface area contributed by atoms with E-state index in [1.807, 2.05) is 36.4 Å². The molecule has 0 amide bonds. The molecule has 17 heavy (non-hydrogen) atoms. The van der Waals surface area contributed by atoms with E-state index < -0.39 is 0 Å². The Morgan fingerprint density at radius 1 is 1.00 bits per heavy atom. The van der Waals surface area contributed by atoms with Crippen molar-refractivity contribution >= 4 is 37.5 Å². The second kappa shape index (κ2) is 5.56. The van der Waals surface area contributed by atoms with Crippen molar-refractivity contribution in [3.63, 3.8) is 0 Å². The molecule has 0 unspecified atom stereocenters. The van der Waals surface area contributed by atoms with Crippen LogP contribution < -0.4 is 5.32 Å². The van der Waals surface area contributed by atoms with Crippen LogP contribution in [0.5, 0.6) is 5.75 Å². The van der Waals surface area contributed by atoms with Crippen LogP contribution in [-0.4, -0.2) is 5.11 Å². The summed E-state index contributed by atoms with van der Waals surface area (Å²) in [5.41, 5.74) is 1.88. The molecule has 0 aromatic heterocycles. The van der Waals surface area contributed by atoms with Gasteiger partial charge in [-0.15, -0.1) is 0 Å². The van der Waals surface area contributed by atoms with Gasteiger partial charge < -0.3 is 10.4 Å². The lowest BCUT2D eigenvalue weighted by Crippen LogP contribution is -1.99. The van der Waals surface area contributed by atoms with Gasteiger partial charge in [-0.25, -0.2) is 0 Å². The topological polar surface area (TPSA) is 32.3 Å². The molecule has 0 aliphatic rings. The van der Waals surface area contributed by atoms with E-state index in [0.717, 1.165) is 20.2 Å². The fraction of sp³-hybridized carbons (Fsp3) is 0.0769. The number of rotatable bonds is 3. The molecule has 2 N–H and O–H groups in total. The molecule has 2 aromatic rings. The number of aromatic hydroxyl groups is 1. The SMILES string of the molecule is Oc1cc(Br)ccc1CNc1cccc(Br)c1. The highest BCUT2D eigenvalue weighted by molar-refractivity contribution is 9.10. The molecule has 0 saturated heterocycles. The molecule has 0 fully saturated rings. The van der Waals surface area contributed by atoms with E-state index in [1.54, 1.807) is 6.07 Å². The molecule has 2 rings (SSSR count). The molecule has 0 aliphatic carbocycles. The molecule has 0 bridgehead atoms. The van der Waals surface area contributed by atoms with Crippen molar-refractivity contribution in [2.24, 2.45) is 0 Å². The Morgan fingerprint density at radius 3 is 2.47 bits per heavy atom. The second-order valence-electron chi connectivity index (χ2n) is 3.64. The van der Waals surface area contributed by atoms with Gasteiger partial charge in [0.15, 0.2) is 0 Å². The first-order valence-electron chi connectivity index (χ1n) is 5.12. The second-order valence-corrected chi connectivity index (χ2v) is 5.47. The average Bonchev–Trinajstić information content (AvgIpc) is 2.28. The summed E-state index contributed by atoms with van der Waals surface area (Å²) in [6.45, 7) is 0.593. The van der Waals surface area contributed by atoms with E-state index in [0.29, 0.717) is 12.3 Å². The Kier molecular flexibility index (Phi) is 4.07. The van der Waals surface area contributed by atoms with Crippen LogP contribution in [0.25, 0.3) is 0 Å². The van der Waals surface area contributed by atoms with Crippen molar-refractivity contribution in [2.45, 2.75) is 6.54 Å². The van der Waals surface area contributed by atoms with Crippen molar-refractivity contribution in [1.82, 2.24) is 0 Å². The molecular weight excluding hydrogens is 346 g/mol. The zero-order chi connectivity index (χ0) is 12.3. The lowest BCUT2D eigenvalue weighted by Gasteiger charge is -2.08. The Morgan fingerprint density at radius 2 is 1.76 bits per heavy atom. The molecule has 0 spiro atoms. The summed E-state index contributed by atoms with van der Waals surface area (Å²) in [4.78, 5) is 0. The summed E-state index contributed by atoms with van der Waals surface area (Å²) in [6.07, 6.45) is 0. The molecule has 88 valence electrons. The number of phenolic OH excluding ortho intramolecular Hbond substituents is 1. The van der Waals surface area contributed by atoms with Gasteiger partial charge in [-0.1, -0.05) is 44.0 Å². The van der Waals surface area contributed by atoms with E-state index >= 15 is 0 Å². The zero-order valence-electron chi connectivity index (χ0n) is 8.95. The molecule has 2 aromatic carbocycles. The molecule has 2 nitrogen and oxygen atoms in total. The fourth-order valence-corrected chi connectivity index (χ4v) is 2.23. The summed E-state index contributed by atoms with van der Waals surface area (Å²) in [5.74, 6) is 0.293. The van der Waals surface area contributed by atoms with Gasteiger partial charge in [-0.05, 0) is 30.3 Å². The van der Waals surface area contributed by atoms with Crippen molar-refractivity contribution in [3.05, 3.63) is 57.0 Å². The van der Waals surface area contributed by atoms with Crippen LogP contribution in [0.3, 0.4) is 0 Å². The number of benzene rings is 2. The number of hydrogen-bond donors (Lipinski definition) is 2. The molecule has 0 saturated carbocycles. The van der Waals surface area contributed by atoms with Gasteiger partial charge in [0.2, 0.25) is 0 Å². The minimum absolute atomic E-state index is 0.293. The van der Waals surface area contributed by atoms with Gasteiger partial charge in [0.1, 0.15) is 5.75 Å². The molecule has 0 atom stereocenters. The standard InChI is InChI=1S/C13H11Br2NO/c14-10-2-1-3-12(6-10)16-8-9-4-5-11(15)7-13(9)17/h1-7,16-17H,8H2. The van der Waals surface area contributed by atoms with Crippen LogP contribution in [0, 0.1) is 0 Å². The first-order valence-corrected chi connectivity index (χ1v) is 6.70. The predicted octanol–water partition coefficient (Wildman–Crippen LogP) is 4.53. The van der Waals surface area contributed by atoms with Gasteiger partial charge >= 0.3 is 0 Å². The van der Waals surface area contributed by atoms with Crippen LogP contribution in [-0.2, 0) is 6.54 Å². The molecule has 0 heterocycles. The summed E-state index contributed by atoms with van der Waals surface area (Å²) in [5, 5.41) is 13.0. The Labute approximate surface area is 117 Å². The maximum Gasteiger partial charge on any atom is 0.121 e. The van der Waals surface area contributed by atoms with Crippen LogP contribution in [0.1, 0.15) is 5.56 Å². The lowest BCUT2D eigenvalue weighted by atomic mass is 10.2. The van der Waals surface area contributed by atoms with E-state index in [2.05, 4.69) is 37.2 Å². The fourth-order valence-electron chi connectivity index (χ4n) is 1.48. The largest absolute Gasteiger partial charge is 0.508 e. The lowest BCUT2D eigenvalue weighted by molar-refractivity contribution is 0.468. The average molecular weight is 357 g/mol. The third-order valence-electron chi connectivity index (χ3n) is 2.35. The monoisotopic (exact) mass is 355 g/mol. The summed E-state index contributed by atoms with van der Waals surface area (Å²) in [7, 11) is 0. The Hall–Kier alpha value is -1.00. The number of hydrogen-bond acceptors (Lipinski definition) is 2. The summed E-state index contributed by atoms with van der Waals surface area (Å²) < 4.78 is 1.91. The van der Waals surface area contributed by atoms with Gasteiger partial charge in [0, 0.05) is 26.7 Å². The number of nitrogens with one attached hydrogen (secondary N) is 1. The predicted molar refractivity (Wildman–Crippen MR) is 77.3 cm³/mol. The van der Waals surface area contributed by atoms with Crippen LogP contribution in [0.2, 0.25) is 0 Å². The number of anilines is 1. The summed E-state index contributed by atoms with van der Waals surface area (Å²) in [6, 6.07) is 13.4. The zero-order valence-corrected chi connectivity index (χ0v) is 12.1. The number of halogens is 2. The molecule has 4 heteroatoms. The van der Waals surface area contributed by atoms with Crippen LogP contribution in [0.4, 0.5) is 5.69 Å². The third kappa shape index (κ3) is 3.48.